The minimum Gasteiger partial charge on any atom is -0.445 e. The van der Waals surface area contributed by atoms with Crippen LogP contribution in [0.4, 0.5) is 4.79 Å². The molecule has 21 heavy (non-hydrogen) atoms. The normalized spacial score (nSPS) is 11.7. The maximum Gasteiger partial charge on any atom is 0.408 e. The summed E-state index contributed by atoms with van der Waals surface area (Å²) in [4.78, 5) is 22.9. The van der Waals surface area contributed by atoms with E-state index in [1.165, 1.54) is 0 Å². The molecule has 116 valence electrons. The van der Waals surface area contributed by atoms with Gasteiger partial charge in [-0.3, -0.25) is 4.79 Å². The van der Waals surface area contributed by atoms with Crippen molar-refractivity contribution < 1.29 is 14.3 Å². The molecule has 2 amide bonds. The average Bonchev–Trinajstić information content (AvgIpc) is 2.45. The first-order chi connectivity index (χ1) is 10.0. The third-order valence-corrected chi connectivity index (χ3v) is 3.27. The third kappa shape index (κ3) is 6.46. The van der Waals surface area contributed by atoms with E-state index in [9.17, 15) is 9.59 Å². The average molecular weight is 314 g/mol. The van der Waals surface area contributed by atoms with Gasteiger partial charge in [0.25, 0.3) is 0 Å². The number of carbonyl (C=O) groups is 2. The summed E-state index contributed by atoms with van der Waals surface area (Å²) in [5, 5.41) is 2.96. The number of nitrogens with two attached hydrogens (primary N) is 2. The molecule has 1 aromatic rings. The Morgan fingerprint density at radius 3 is 2.62 bits per heavy atom. The van der Waals surface area contributed by atoms with E-state index in [0.29, 0.717) is 30.0 Å². The van der Waals surface area contributed by atoms with Crippen LogP contribution in [0, 0.1) is 0 Å². The van der Waals surface area contributed by atoms with Crippen molar-refractivity contribution >= 4 is 23.6 Å². The Labute approximate surface area is 128 Å². The SMILES string of the molecule is NCCCC[C@H](NC(=O)OCc1ccccc1Cl)C(N)=O. The van der Waals surface area contributed by atoms with Crippen LogP contribution in [0.25, 0.3) is 0 Å². The number of alkyl carbamates (subject to hydrolysis) is 1. The molecule has 0 fully saturated rings. The highest BCUT2D eigenvalue weighted by Crippen LogP contribution is 2.15. The molecule has 1 rings (SSSR count). The van der Waals surface area contributed by atoms with Crippen LogP contribution in [-0.4, -0.2) is 24.6 Å². The van der Waals surface area contributed by atoms with Gasteiger partial charge in [-0.15, -0.1) is 0 Å². The largest absolute Gasteiger partial charge is 0.445 e. The van der Waals surface area contributed by atoms with Gasteiger partial charge < -0.3 is 21.5 Å². The molecule has 0 heterocycles. The highest BCUT2D eigenvalue weighted by Gasteiger charge is 2.18. The zero-order valence-electron chi connectivity index (χ0n) is 11.7. The van der Waals surface area contributed by atoms with Crippen LogP contribution in [0.15, 0.2) is 24.3 Å². The third-order valence-electron chi connectivity index (χ3n) is 2.90. The van der Waals surface area contributed by atoms with Crippen molar-refractivity contribution in [2.24, 2.45) is 11.5 Å². The van der Waals surface area contributed by atoms with E-state index in [1.807, 2.05) is 0 Å². The molecule has 7 heteroatoms. The lowest BCUT2D eigenvalue weighted by atomic mass is 10.1. The van der Waals surface area contributed by atoms with Gasteiger partial charge in [-0.25, -0.2) is 4.79 Å². The lowest BCUT2D eigenvalue weighted by Crippen LogP contribution is -2.44. The van der Waals surface area contributed by atoms with Crippen LogP contribution in [0.1, 0.15) is 24.8 Å². The van der Waals surface area contributed by atoms with Crippen LogP contribution in [0.3, 0.4) is 0 Å². The van der Waals surface area contributed by atoms with Gasteiger partial charge in [0.1, 0.15) is 12.6 Å². The van der Waals surface area contributed by atoms with Gasteiger partial charge in [0, 0.05) is 10.6 Å². The molecule has 0 aliphatic heterocycles. The van der Waals surface area contributed by atoms with Crippen molar-refractivity contribution in [3.8, 4) is 0 Å². The molecular weight excluding hydrogens is 294 g/mol. The zero-order valence-corrected chi connectivity index (χ0v) is 12.4. The first-order valence-corrected chi connectivity index (χ1v) is 7.08. The molecule has 5 N–H and O–H groups in total. The van der Waals surface area contributed by atoms with E-state index in [0.717, 1.165) is 6.42 Å². The highest BCUT2D eigenvalue weighted by molar-refractivity contribution is 6.31. The standard InChI is InChI=1S/C14H20ClN3O3/c15-11-6-2-1-5-10(11)9-21-14(20)18-12(13(17)19)7-3-4-8-16/h1-2,5-6,12H,3-4,7-9,16H2,(H2,17,19)(H,18,20)/t12-/m0/s1. The summed E-state index contributed by atoms with van der Waals surface area (Å²) in [7, 11) is 0. The van der Waals surface area contributed by atoms with Gasteiger partial charge in [0.15, 0.2) is 0 Å². The lowest BCUT2D eigenvalue weighted by molar-refractivity contribution is -0.120. The Kier molecular flexibility index (Phi) is 7.56. The summed E-state index contributed by atoms with van der Waals surface area (Å²) in [6.07, 6.45) is 1.20. The van der Waals surface area contributed by atoms with E-state index >= 15 is 0 Å². The second-order valence-electron chi connectivity index (χ2n) is 4.55. The number of hydrogen-bond acceptors (Lipinski definition) is 4. The first kappa shape index (κ1) is 17.3. The molecule has 0 aliphatic rings. The van der Waals surface area contributed by atoms with Crippen LogP contribution in [-0.2, 0) is 16.1 Å². The summed E-state index contributed by atoms with van der Waals surface area (Å²) in [6.45, 7) is 0.558. The first-order valence-electron chi connectivity index (χ1n) is 6.70. The molecular formula is C14H20ClN3O3. The van der Waals surface area contributed by atoms with Gasteiger partial charge in [-0.05, 0) is 31.9 Å². The molecule has 0 radical (unpaired) electrons. The van der Waals surface area contributed by atoms with Crippen molar-refractivity contribution in [3.63, 3.8) is 0 Å². The van der Waals surface area contributed by atoms with Gasteiger partial charge >= 0.3 is 6.09 Å². The summed E-state index contributed by atoms with van der Waals surface area (Å²) in [5.74, 6) is -0.596. The number of hydrogen-bond donors (Lipinski definition) is 3. The number of nitrogens with one attached hydrogen (secondary N) is 1. The fourth-order valence-electron chi connectivity index (χ4n) is 1.72. The fraction of sp³-hybridized carbons (Fsp3) is 0.429. The molecule has 0 aliphatic carbocycles. The number of halogens is 1. The molecule has 1 atom stereocenters. The summed E-state index contributed by atoms with van der Waals surface area (Å²) >= 11 is 5.95. The number of benzene rings is 1. The van der Waals surface area contributed by atoms with Crippen molar-refractivity contribution in [3.05, 3.63) is 34.9 Å². The summed E-state index contributed by atoms with van der Waals surface area (Å²) < 4.78 is 5.03. The number of ether oxygens (including phenoxy) is 1. The lowest BCUT2D eigenvalue weighted by Gasteiger charge is -2.15. The maximum atomic E-state index is 11.7. The number of unbranched alkanes of at least 4 members (excludes halogenated alkanes) is 1. The van der Waals surface area contributed by atoms with E-state index < -0.39 is 18.0 Å². The van der Waals surface area contributed by atoms with E-state index in [4.69, 9.17) is 27.8 Å². The second-order valence-corrected chi connectivity index (χ2v) is 4.96. The van der Waals surface area contributed by atoms with E-state index in [-0.39, 0.29) is 6.61 Å². The molecule has 0 bridgehead atoms. The molecule has 0 saturated heterocycles. The Bertz CT molecular complexity index is 482. The Hall–Kier alpha value is -1.79. The quantitative estimate of drug-likeness (QED) is 0.633. The summed E-state index contributed by atoms with van der Waals surface area (Å²) in [6, 6.07) is 6.28. The van der Waals surface area contributed by atoms with Gasteiger partial charge in [-0.2, -0.15) is 0 Å². The Balaban J connectivity index is 2.43. The van der Waals surface area contributed by atoms with Crippen molar-refractivity contribution in [1.29, 1.82) is 0 Å². The zero-order chi connectivity index (χ0) is 15.7. The Morgan fingerprint density at radius 1 is 1.29 bits per heavy atom. The molecule has 0 spiro atoms. The van der Waals surface area contributed by atoms with E-state index in [2.05, 4.69) is 5.32 Å². The second kappa shape index (κ2) is 9.20. The van der Waals surface area contributed by atoms with Crippen LogP contribution < -0.4 is 16.8 Å². The predicted octanol–water partition coefficient (Wildman–Crippen LogP) is 1.55. The van der Waals surface area contributed by atoms with Gasteiger partial charge in [0.2, 0.25) is 5.91 Å². The minimum atomic E-state index is -0.754. The number of rotatable bonds is 8. The summed E-state index contributed by atoms with van der Waals surface area (Å²) in [5.41, 5.74) is 11.3. The maximum absolute atomic E-state index is 11.7. The van der Waals surface area contributed by atoms with Crippen LogP contribution in [0.5, 0.6) is 0 Å². The van der Waals surface area contributed by atoms with Crippen LogP contribution in [0.2, 0.25) is 5.02 Å². The Morgan fingerprint density at radius 2 is 2.00 bits per heavy atom. The molecule has 6 nitrogen and oxygen atoms in total. The molecule has 0 saturated carbocycles. The molecule has 1 aromatic carbocycles. The van der Waals surface area contributed by atoms with Gasteiger partial charge in [0.05, 0.1) is 0 Å². The van der Waals surface area contributed by atoms with E-state index in [1.54, 1.807) is 24.3 Å². The highest BCUT2D eigenvalue weighted by atomic mass is 35.5. The predicted molar refractivity (Wildman–Crippen MR) is 80.7 cm³/mol. The van der Waals surface area contributed by atoms with Crippen molar-refractivity contribution in [2.45, 2.75) is 31.9 Å². The monoisotopic (exact) mass is 313 g/mol. The number of carbonyl (C=O) groups excluding carboxylic acids is 2. The van der Waals surface area contributed by atoms with Crippen LogP contribution >= 0.6 is 11.6 Å². The van der Waals surface area contributed by atoms with Crippen molar-refractivity contribution in [1.82, 2.24) is 5.32 Å². The number of primary amides is 1. The minimum absolute atomic E-state index is 0.0276. The molecule has 0 aromatic heterocycles. The topological polar surface area (TPSA) is 107 Å². The van der Waals surface area contributed by atoms with Crippen molar-refractivity contribution in [2.75, 3.05) is 6.54 Å². The number of amides is 2. The van der Waals surface area contributed by atoms with Gasteiger partial charge in [-0.1, -0.05) is 29.8 Å². The molecule has 0 unspecified atom stereocenters. The fourth-order valence-corrected chi connectivity index (χ4v) is 1.91. The smallest absolute Gasteiger partial charge is 0.408 e.